The Morgan fingerprint density at radius 2 is 1.88 bits per heavy atom. The minimum Gasteiger partial charge on any atom is -0.496 e. The van der Waals surface area contributed by atoms with Crippen LogP contribution < -0.4 is 15.2 Å². The van der Waals surface area contributed by atoms with Gasteiger partial charge in [0.2, 0.25) is 5.88 Å². The van der Waals surface area contributed by atoms with Crippen molar-refractivity contribution in [3.05, 3.63) is 36.4 Å². The van der Waals surface area contributed by atoms with Gasteiger partial charge in [-0.15, -0.1) is 0 Å². The van der Waals surface area contributed by atoms with E-state index < -0.39 is 0 Å². The molecule has 0 spiro atoms. The topological polar surface area (TPSA) is 57.4 Å². The number of ether oxygens (including phenoxy) is 2. The molecule has 0 aliphatic heterocycles. The molecule has 0 saturated carbocycles. The summed E-state index contributed by atoms with van der Waals surface area (Å²) >= 11 is 0. The highest BCUT2D eigenvalue weighted by molar-refractivity contribution is 5.65. The van der Waals surface area contributed by atoms with E-state index in [2.05, 4.69) is 4.98 Å². The largest absolute Gasteiger partial charge is 0.496 e. The number of nitrogen functional groups attached to an aromatic ring is 1. The summed E-state index contributed by atoms with van der Waals surface area (Å²) in [5, 5.41) is 0. The number of benzene rings is 1. The van der Waals surface area contributed by atoms with Gasteiger partial charge in [0.05, 0.1) is 19.9 Å². The molecule has 17 heavy (non-hydrogen) atoms. The number of anilines is 1. The van der Waals surface area contributed by atoms with Gasteiger partial charge in [-0.25, -0.2) is 4.98 Å². The fourth-order valence-corrected chi connectivity index (χ4v) is 1.55. The van der Waals surface area contributed by atoms with Crippen molar-refractivity contribution in [1.82, 2.24) is 4.98 Å². The number of aromatic nitrogens is 1. The standard InChI is InChI=1S/C13H14N2O2/c1-16-11-7-12(15-13(8-11)17-2)9-4-3-5-10(14)6-9/h3-8H,14H2,1-2H3. The van der Waals surface area contributed by atoms with E-state index in [0.29, 0.717) is 17.3 Å². The second kappa shape index (κ2) is 4.74. The van der Waals surface area contributed by atoms with Gasteiger partial charge in [0.1, 0.15) is 5.75 Å². The summed E-state index contributed by atoms with van der Waals surface area (Å²) in [5.74, 6) is 1.22. The predicted molar refractivity (Wildman–Crippen MR) is 67.2 cm³/mol. The van der Waals surface area contributed by atoms with Gasteiger partial charge in [-0.3, -0.25) is 0 Å². The van der Waals surface area contributed by atoms with Crippen molar-refractivity contribution in [2.24, 2.45) is 0 Å². The average molecular weight is 230 g/mol. The van der Waals surface area contributed by atoms with Gasteiger partial charge in [-0.05, 0) is 12.1 Å². The van der Waals surface area contributed by atoms with Crippen LogP contribution in [0.15, 0.2) is 36.4 Å². The van der Waals surface area contributed by atoms with Crippen molar-refractivity contribution in [3.63, 3.8) is 0 Å². The van der Waals surface area contributed by atoms with Crippen molar-refractivity contribution in [2.75, 3.05) is 20.0 Å². The summed E-state index contributed by atoms with van der Waals surface area (Å²) in [6.45, 7) is 0. The van der Waals surface area contributed by atoms with E-state index in [-0.39, 0.29) is 0 Å². The van der Waals surface area contributed by atoms with Gasteiger partial charge in [0, 0.05) is 23.4 Å². The molecule has 0 saturated heterocycles. The lowest BCUT2D eigenvalue weighted by Gasteiger charge is -2.07. The molecule has 0 unspecified atom stereocenters. The van der Waals surface area contributed by atoms with Crippen molar-refractivity contribution < 1.29 is 9.47 Å². The molecule has 2 aromatic rings. The van der Waals surface area contributed by atoms with Crippen LogP contribution in [-0.2, 0) is 0 Å². The molecule has 4 nitrogen and oxygen atoms in total. The predicted octanol–water partition coefficient (Wildman–Crippen LogP) is 2.35. The third kappa shape index (κ3) is 2.47. The number of nitrogens with zero attached hydrogens (tertiary/aromatic N) is 1. The molecule has 88 valence electrons. The van der Waals surface area contributed by atoms with E-state index in [0.717, 1.165) is 11.3 Å². The summed E-state index contributed by atoms with van der Waals surface area (Å²) < 4.78 is 10.3. The first-order valence-electron chi connectivity index (χ1n) is 5.19. The maximum Gasteiger partial charge on any atom is 0.217 e. The van der Waals surface area contributed by atoms with E-state index in [4.69, 9.17) is 15.2 Å². The Hall–Kier alpha value is -2.23. The normalized spacial score (nSPS) is 10.0. The summed E-state index contributed by atoms with van der Waals surface area (Å²) in [5.41, 5.74) is 8.15. The molecule has 0 bridgehead atoms. The van der Waals surface area contributed by atoms with Gasteiger partial charge in [0.25, 0.3) is 0 Å². The van der Waals surface area contributed by atoms with Gasteiger partial charge in [0.15, 0.2) is 0 Å². The number of hydrogen-bond donors (Lipinski definition) is 1. The van der Waals surface area contributed by atoms with E-state index in [1.807, 2.05) is 30.3 Å². The minimum atomic E-state index is 0.516. The van der Waals surface area contributed by atoms with Crippen molar-refractivity contribution in [1.29, 1.82) is 0 Å². The van der Waals surface area contributed by atoms with Crippen molar-refractivity contribution >= 4 is 5.69 Å². The fraction of sp³-hybridized carbons (Fsp3) is 0.154. The van der Waals surface area contributed by atoms with Crippen LogP contribution in [0.2, 0.25) is 0 Å². The quantitative estimate of drug-likeness (QED) is 0.822. The summed E-state index contributed by atoms with van der Waals surface area (Å²) in [4.78, 5) is 4.35. The lowest BCUT2D eigenvalue weighted by Crippen LogP contribution is -1.93. The van der Waals surface area contributed by atoms with E-state index >= 15 is 0 Å². The maximum atomic E-state index is 5.75. The first-order valence-corrected chi connectivity index (χ1v) is 5.19. The van der Waals surface area contributed by atoms with E-state index in [1.54, 1.807) is 20.3 Å². The molecule has 1 heterocycles. The SMILES string of the molecule is COc1cc(OC)nc(-c2cccc(N)c2)c1. The second-order valence-corrected chi connectivity index (χ2v) is 3.56. The molecule has 0 amide bonds. The summed E-state index contributed by atoms with van der Waals surface area (Å²) in [6.07, 6.45) is 0. The van der Waals surface area contributed by atoms with Crippen molar-refractivity contribution in [2.45, 2.75) is 0 Å². The molecule has 1 aromatic carbocycles. The Morgan fingerprint density at radius 1 is 1.06 bits per heavy atom. The zero-order valence-corrected chi connectivity index (χ0v) is 9.81. The van der Waals surface area contributed by atoms with Crippen LogP contribution in [0, 0.1) is 0 Å². The van der Waals surface area contributed by atoms with Gasteiger partial charge >= 0.3 is 0 Å². The highest BCUT2D eigenvalue weighted by atomic mass is 16.5. The smallest absolute Gasteiger partial charge is 0.217 e. The van der Waals surface area contributed by atoms with E-state index in [1.165, 1.54) is 0 Å². The monoisotopic (exact) mass is 230 g/mol. The summed E-state index contributed by atoms with van der Waals surface area (Å²) in [7, 11) is 3.18. The highest BCUT2D eigenvalue weighted by Gasteiger charge is 2.05. The maximum absolute atomic E-state index is 5.75. The first kappa shape index (κ1) is 11.3. The molecule has 2 rings (SSSR count). The van der Waals surface area contributed by atoms with Crippen LogP contribution in [0.25, 0.3) is 11.3 Å². The number of pyridine rings is 1. The lowest BCUT2D eigenvalue weighted by atomic mass is 10.1. The number of hydrogen-bond acceptors (Lipinski definition) is 4. The van der Waals surface area contributed by atoms with Gasteiger partial charge in [-0.1, -0.05) is 12.1 Å². The van der Waals surface area contributed by atoms with Crippen LogP contribution >= 0.6 is 0 Å². The van der Waals surface area contributed by atoms with Gasteiger partial charge in [-0.2, -0.15) is 0 Å². The van der Waals surface area contributed by atoms with Crippen LogP contribution in [0.1, 0.15) is 0 Å². The second-order valence-electron chi connectivity index (χ2n) is 3.56. The van der Waals surface area contributed by atoms with Crippen LogP contribution in [0.3, 0.4) is 0 Å². The Morgan fingerprint density at radius 3 is 2.53 bits per heavy atom. The van der Waals surface area contributed by atoms with Crippen LogP contribution in [0.5, 0.6) is 11.6 Å². The van der Waals surface area contributed by atoms with Crippen LogP contribution in [0.4, 0.5) is 5.69 Å². The Kier molecular flexibility index (Phi) is 3.14. The molecule has 0 fully saturated rings. The first-order chi connectivity index (χ1) is 8.22. The molecule has 1 aromatic heterocycles. The molecule has 0 radical (unpaired) electrons. The lowest BCUT2D eigenvalue weighted by molar-refractivity contribution is 0.383. The number of nitrogens with two attached hydrogens (primary N) is 1. The van der Waals surface area contributed by atoms with Crippen LogP contribution in [-0.4, -0.2) is 19.2 Å². The molecule has 0 aliphatic carbocycles. The fourth-order valence-electron chi connectivity index (χ4n) is 1.55. The Balaban J connectivity index is 2.50. The average Bonchev–Trinajstić information content (AvgIpc) is 2.38. The Bertz CT molecular complexity index is 504. The molecular formula is C13H14N2O2. The highest BCUT2D eigenvalue weighted by Crippen LogP contribution is 2.26. The molecule has 0 atom stereocenters. The van der Waals surface area contributed by atoms with Crippen molar-refractivity contribution in [3.8, 4) is 22.9 Å². The third-order valence-corrected chi connectivity index (χ3v) is 2.40. The number of rotatable bonds is 3. The molecule has 4 heteroatoms. The molecule has 0 aliphatic rings. The minimum absolute atomic E-state index is 0.516. The summed E-state index contributed by atoms with van der Waals surface area (Å²) in [6, 6.07) is 11.1. The zero-order chi connectivity index (χ0) is 12.3. The zero-order valence-electron chi connectivity index (χ0n) is 9.81. The number of methoxy groups -OCH3 is 2. The van der Waals surface area contributed by atoms with Gasteiger partial charge < -0.3 is 15.2 Å². The van der Waals surface area contributed by atoms with E-state index in [9.17, 15) is 0 Å². The molecule has 2 N–H and O–H groups in total. The Labute approximate surface area is 100 Å². The molecular weight excluding hydrogens is 216 g/mol. The third-order valence-electron chi connectivity index (χ3n) is 2.40.